The molecule has 1 saturated carbocycles. The van der Waals surface area contributed by atoms with Gasteiger partial charge in [0.25, 0.3) is 0 Å². The van der Waals surface area contributed by atoms with E-state index in [4.69, 9.17) is 0 Å². The van der Waals surface area contributed by atoms with Crippen molar-refractivity contribution in [2.24, 2.45) is 11.8 Å². The average molecular weight is 249 g/mol. The van der Waals surface area contributed by atoms with Gasteiger partial charge in [0.2, 0.25) is 0 Å². The zero-order chi connectivity index (χ0) is 12.8. The average Bonchev–Trinajstić information content (AvgIpc) is 2.39. The number of hydrogen-bond acceptors (Lipinski definition) is 1. The van der Waals surface area contributed by atoms with Gasteiger partial charge in [-0.3, -0.25) is 0 Å². The van der Waals surface area contributed by atoms with E-state index in [1.165, 1.54) is 43.4 Å². The lowest BCUT2D eigenvalue weighted by Crippen LogP contribution is -2.27. The molecule has 100 valence electrons. The summed E-state index contributed by atoms with van der Waals surface area (Å²) in [5.41, 5.74) is 1.21. The molecular formula is C16H24FN. The highest BCUT2D eigenvalue weighted by molar-refractivity contribution is 5.16. The van der Waals surface area contributed by atoms with Crippen LogP contribution in [0, 0.1) is 17.7 Å². The van der Waals surface area contributed by atoms with Gasteiger partial charge in [-0.05, 0) is 61.9 Å². The van der Waals surface area contributed by atoms with Crippen molar-refractivity contribution in [2.45, 2.75) is 39.0 Å². The maximum absolute atomic E-state index is 12.7. The lowest BCUT2D eigenvalue weighted by atomic mass is 9.83. The predicted octanol–water partition coefficient (Wildman–Crippen LogP) is 3.78. The second kappa shape index (κ2) is 6.89. The fraction of sp³-hybridized carbons (Fsp3) is 0.625. The molecule has 1 fully saturated rings. The van der Waals surface area contributed by atoms with Crippen LogP contribution in [0.15, 0.2) is 24.3 Å². The Labute approximate surface area is 110 Å². The van der Waals surface area contributed by atoms with Crippen molar-refractivity contribution in [1.29, 1.82) is 0 Å². The summed E-state index contributed by atoms with van der Waals surface area (Å²) in [7, 11) is 0. The fourth-order valence-corrected chi connectivity index (χ4v) is 2.72. The summed E-state index contributed by atoms with van der Waals surface area (Å²) in [6.07, 6.45) is 6.54. The number of nitrogens with one attached hydrogen (secondary N) is 1. The third-order valence-electron chi connectivity index (χ3n) is 4.07. The second-order valence-corrected chi connectivity index (χ2v) is 5.71. The van der Waals surface area contributed by atoms with Crippen molar-refractivity contribution in [3.63, 3.8) is 0 Å². The van der Waals surface area contributed by atoms with Gasteiger partial charge < -0.3 is 5.32 Å². The highest BCUT2D eigenvalue weighted by atomic mass is 19.1. The molecule has 1 aliphatic carbocycles. The van der Waals surface area contributed by atoms with Gasteiger partial charge in [0.1, 0.15) is 5.82 Å². The minimum atomic E-state index is -0.150. The van der Waals surface area contributed by atoms with Crippen LogP contribution in [0.2, 0.25) is 0 Å². The van der Waals surface area contributed by atoms with E-state index >= 15 is 0 Å². The van der Waals surface area contributed by atoms with Crippen LogP contribution >= 0.6 is 0 Å². The molecule has 1 aromatic rings. The van der Waals surface area contributed by atoms with Crippen molar-refractivity contribution in [1.82, 2.24) is 5.32 Å². The lowest BCUT2D eigenvalue weighted by Gasteiger charge is -2.26. The second-order valence-electron chi connectivity index (χ2n) is 5.71. The molecular weight excluding hydrogens is 225 g/mol. The molecule has 1 aromatic carbocycles. The SMILES string of the molecule is CC1CCC(CNCCc2ccc(F)cc2)CC1. The predicted molar refractivity (Wildman–Crippen MR) is 74.1 cm³/mol. The fourth-order valence-electron chi connectivity index (χ4n) is 2.72. The van der Waals surface area contributed by atoms with Crippen molar-refractivity contribution in [3.8, 4) is 0 Å². The molecule has 18 heavy (non-hydrogen) atoms. The lowest BCUT2D eigenvalue weighted by molar-refractivity contribution is 0.282. The van der Waals surface area contributed by atoms with Gasteiger partial charge in [-0.25, -0.2) is 4.39 Å². The first-order chi connectivity index (χ1) is 8.74. The summed E-state index contributed by atoms with van der Waals surface area (Å²) in [5, 5.41) is 3.54. The highest BCUT2D eigenvalue weighted by Crippen LogP contribution is 2.27. The van der Waals surface area contributed by atoms with E-state index in [1.807, 2.05) is 12.1 Å². The third kappa shape index (κ3) is 4.41. The zero-order valence-electron chi connectivity index (χ0n) is 11.3. The van der Waals surface area contributed by atoms with E-state index in [0.29, 0.717) is 0 Å². The summed E-state index contributed by atoms with van der Waals surface area (Å²) in [6.45, 7) is 4.50. The number of rotatable bonds is 5. The van der Waals surface area contributed by atoms with Crippen molar-refractivity contribution in [3.05, 3.63) is 35.6 Å². The van der Waals surface area contributed by atoms with Gasteiger partial charge in [0.15, 0.2) is 0 Å². The topological polar surface area (TPSA) is 12.0 Å². The van der Waals surface area contributed by atoms with E-state index in [1.54, 1.807) is 0 Å². The Kier molecular flexibility index (Phi) is 5.18. The van der Waals surface area contributed by atoms with Crippen LogP contribution in [0.4, 0.5) is 4.39 Å². The van der Waals surface area contributed by atoms with Crippen LogP contribution in [-0.2, 0) is 6.42 Å². The largest absolute Gasteiger partial charge is 0.316 e. The van der Waals surface area contributed by atoms with E-state index in [2.05, 4.69) is 12.2 Å². The summed E-state index contributed by atoms with van der Waals surface area (Å²) >= 11 is 0. The molecule has 0 saturated heterocycles. The molecule has 0 heterocycles. The quantitative estimate of drug-likeness (QED) is 0.783. The summed E-state index contributed by atoms with van der Waals surface area (Å²) in [6, 6.07) is 6.83. The molecule has 0 aliphatic heterocycles. The van der Waals surface area contributed by atoms with Crippen molar-refractivity contribution >= 4 is 0 Å². The van der Waals surface area contributed by atoms with Gasteiger partial charge in [-0.15, -0.1) is 0 Å². The Balaban J connectivity index is 1.60. The van der Waals surface area contributed by atoms with Crippen LogP contribution < -0.4 is 5.32 Å². The van der Waals surface area contributed by atoms with Gasteiger partial charge in [-0.2, -0.15) is 0 Å². The Hall–Kier alpha value is -0.890. The molecule has 0 radical (unpaired) electrons. The number of hydrogen-bond donors (Lipinski definition) is 1. The third-order valence-corrected chi connectivity index (χ3v) is 4.07. The van der Waals surface area contributed by atoms with Crippen LogP contribution in [0.25, 0.3) is 0 Å². The summed E-state index contributed by atoms with van der Waals surface area (Å²) in [4.78, 5) is 0. The monoisotopic (exact) mass is 249 g/mol. The van der Waals surface area contributed by atoms with E-state index in [-0.39, 0.29) is 5.82 Å². The van der Waals surface area contributed by atoms with Crippen molar-refractivity contribution < 1.29 is 4.39 Å². The number of benzene rings is 1. The minimum Gasteiger partial charge on any atom is -0.316 e. The molecule has 1 N–H and O–H groups in total. The molecule has 0 unspecified atom stereocenters. The Morgan fingerprint density at radius 3 is 2.44 bits per heavy atom. The van der Waals surface area contributed by atoms with E-state index in [0.717, 1.165) is 31.3 Å². The first-order valence-electron chi connectivity index (χ1n) is 7.19. The molecule has 1 nitrogen and oxygen atoms in total. The Bertz CT molecular complexity index is 339. The molecule has 0 atom stereocenters. The minimum absolute atomic E-state index is 0.150. The number of halogens is 1. The maximum atomic E-state index is 12.7. The van der Waals surface area contributed by atoms with Gasteiger partial charge in [0, 0.05) is 0 Å². The summed E-state index contributed by atoms with van der Waals surface area (Å²) < 4.78 is 12.7. The Morgan fingerprint density at radius 1 is 1.11 bits per heavy atom. The molecule has 2 rings (SSSR count). The molecule has 0 spiro atoms. The molecule has 0 amide bonds. The molecule has 2 heteroatoms. The molecule has 0 bridgehead atoms. The smallest absolute Gasteiger partial charge is 0.123 e. The molecule has 0 aromatic heterocycles. The van der Waals surface area contributed by atoms with Crippen LogP contribution in [0.5, 0.6) is 0 Å². The van der Waals surface area contributed by atoms with Crippen molar-refractivity contribution in [2.75, 3.05) is 13.1 Å². The van der Waals surface area contributed by atoms with Crippen LogP contribution in [0.1, 0.15) is 38.2 Å². The first-order valence-corrected chi connectivity index (χ1v) is 7.19. The van der Waals surface area contributed by atoms with E-state index in [9.17, 15) is 4.39 Å². The molecule has 1 aliphatic rings. The van der Waals surface area contributed by atoms with E-state index < -0.39 is 0 Å². The summed E-state index contributed by atoms with van der Waals surface area (Å²) in [5.74, 6) is 1.65. The normalized spacial score (nSPS) is 24.1. The standard InChI is InChI=1S/C16H24FN/c1-13-2-4-15(5-3-13)12-18-11-10-14-6-8-16(17)9-7-14/h6-9,13,15,18H,2-5,10-12H2,1H3. The van der Waals surface area contributed by atoms with Gasteiger partial charge in [-0.1, -0.05) is 31.9 Å². The highest BCUT2D eigenvalue weighted by Gasteiger charge is 2.17. The maximum Gasteiger partial charge on any atom is 0.123 e. The van der Waals surface area contributed by atoms with Crippen LogP contribution in [-0.4, -0.2) is 13.1 Å². The van der Waals surface area contributed by atoms with Gasteiger partial charge >= 0.3 is 0 Å². The Morgan fingerprint density at radius 2 is 1.78 bits per heavy atom. The van der Waals surface area contributed by atoms with Crippen LogP contribution in [0.3, 0.4) is 0 Å². The first kappa shape index (κ1) is 13.5. The van der Waals surface area contributed by atoms with Gasteiger partial charge in [0.05, 0.1) is 0 Å². The zero-order valence-corrected chi connectivity index (χ0v) is 11.3.